The topological polar surface area (TPSA) is 75.4 Å². The van der Waals surface area contributed by atoms with E-state index in [-0.39, 0.29) is 6.54 Å². The summed E-state index contributed by atoms with van der Waals surface area (Å²) in [6.45, 7) is 1.98. The molecule has 19 heavy (non-hydrogen) atoms. The van der Waals surface area contributed by atoms with Crippen LogP contribution in [0, 0.1) is 0 Å². The highest BCUT2D eigenvalue weighted by atomic mass is 16.4. The smallest absolute Gasteiger partial charge is 0.414 e. The Hall–Kier alpha value is -2.37. The number of imidazole rings is 1. The van der Waals surface area contributed by atoms with Crippen molar-refractivity contribution in [3.05, 3.63) is 30.6 Å². The second kappa shape index (κ2) is 3.81. The van der Waals surface area contributed by atoms with Crippen LogP contribution in [0.3, 0.4) is 0 Å². The van der Waals surface area contributed by atoms with Crippen molar-refractivity contribution >= 4 is 23.0 Å². The maximum Gasteiger partial charge on any atom is 0.414 e. The monoisotopic (exact) mass is 259 g/mol. The van der Waals surface area contributed by atoms with E-state index in [1.54, 1.807) is 17.8 Å². The van der Waals surface area contributed by atoms with Gasteiger partial charge in [-0.1, -0.05) is 12.1 Å². The van der Waals surface area contributed by atoms with Crippen molar-refractivity contribution in [3.8, 4) is 0 Å². The lowest BCUT2D eigenvalue weighted by atomic mass is 10.00. The molecule has 1 aromatic heterocycles. The number of imide groups is 1. The van der Waals surface area contributed by atoms with Crippen LogP contribution in [-0.2, 0) is 10.3 Å². The third-order valence-corrected chi connectivity index (χ3v) is 3.74. The van der Waals surface area contributed by atoms with Crippen LogP contribution in [0.1, 0.15) is 13.3 Å². The van der Waals surface area contributed by atoms with Crippen molar-refractivity contribution in [2.45, 2.75) is 18.9 Å². The quantitative estimate of drug-likeness (QED) is 0.845. The molecule has 1 aliphatic heterocycles. The molecule has 6 heteroatoms. The molecule has 2 amide bonds. The summed E-state index contributed by atoms with van der Waals surface area (Å²) in [4.78, 5) is 28.4. The molecule has 0 bridgehead atoms. The summed E-state index contributed by atoms with van der Waals surface area (Å²) < 4.78 is 1.77. The molecule has 1 atom stereocenters. The highest BCUT2D eigenvalue weighted by Crippen LogP contribution is 2.33. The Bertz CT molecular complexity index is 679. The summed E-state index contributed by atoms with van der Waals surface area (Å²) in [7, 11) is 0. The van der Waals surface area contributed by atoms with E-state index in [2.05, 4.69) is 4.98 Å². The van der Waals surface area contributed by atoms with Crippen LogP contribution >= 0.6 is 0 Å². The van der Waals surface area contributed by atoms with Gasteiger partial charge in [-0.15, -0.1) is 0 Å². The molecule has 1 N–H and O–H groups in total. The van der Waals surface area contributed by atoms with Gasteiger partial charge in [0.05, 0.1) is 17.4 Å². The fourth-order valence-corrected chi connectivity index (χ4v) is 2.59. The van der Waals surface area contributed by atoms with Crippen molar-refractivity contribution in [2.24, 2.45) is 0 Å². The summed E-state index contributed by atoms with van der Waals surface area (Å²) >= 11 is 0. The van der Waals surface area contributed by atoms with Crippen LogP contribution in [0.15, 0.2) is 30.6 Å². The van der Waals surface area contributed by atoms with Crippen molar-refractivity contribution in [1.82, 2.24) is 14.5 Å². The standard InChI is InChI=1S/C13H13N3O3/c1-13(6-7-15(11(13)17)12(18)19)16-8-14-9-4-2-3-5-10(9)16/h2-5,8H,6-7H2,1H3,(H,18,19). The number of para-hydroxylation sites is 2. The van der Waals surface area contributed by atoms with Crippen LogP contribution in [0.5, 0.6) is 0 Å². The minimum atomic E-state index is -1.20. The van der Waals surface area contributed by atoms with Gasteiger partial charge in [0.15, 0.2) is 0 Å². The number of nitrogens with zero attached hydrogens (tertiary/aromatic N) is 3. The second-order valence-electron chi connectivity index (χ2n) is 4.87. The molecule has 2 heterocycles. The minimum absolute atomic E-state index is 0.219. The van der Waals surface area contributed by atoms with E-state index in [0.717, 1.165) is 15.9 Å². The van der Waals surface area contributed by atoms with Crippen LogP contribution in [0.2, 0.25) is 0 Å². The number of fused-ring (bicyclic) bond motifs is 1. The molecule has 6 nitrogen and oxygen atoms in total. The van der Waals surface area contributed by atoms with Gasteiger partial charge in [0.25, 0.3) is 5.91 Å². The fraction of sp³-hybridized carbons (Fsp3) is 0.308. The third-order valence-electron chi connectivity index (χ3n) is 3.74. The van der Waals surface area contributed by atoms with Gasteiger partial charge in [-0.2, -0.15) is 0 Å². The van der Waals surface area contributed by atoms with Crippen LogP contribution in [-0.4, -0.2) is 38.1 Å². The Morgan fingerprint density at radius 1 is 1.42 bits per heavy atom. The normalized spacial score (nSPS) is 23.2. The Morgan fingerprint density at radius 2 is 2.16 bits per heavy atom. The van der Waals surface area contributed by atoms with Crippen LogP contribution in [0.25, 0.3) is 11.0 Å². The molecule has 0 aliphatic carbocycles. The molecule has 1 fully saturated rings. The average Bonchev–Trinajstić information content (AvgIpc) is 2.93. The van der Waals surface area contributed by atoms with Gasteiger partial charge < -0.3 is 9.67 Å². The number of carbonyl (C=O) groups is 2. The van der Waals surface area contributed by atoms with Gasteiger partial charge in [0, 0.05) is 6.54 Å². The molecule has 1 unspecified atom stereocenters. The lowest BCUT2D eigenvalue weighted by Gasteiger charge is -2.24. The van der Waals surface area contributed by atoms with Gasteiger partial charge in [0.1, 0.15) is 5.54 Å². The zero-order valence-corrected chi connectivity index (χ0v) is 10.4. The zero-order valence-electron chi connectivity index (χ0n) is 10.4. The molecule has 0 spiro atoms. The Morgan fingerprint density at radius 3 is 2.84 bits per heavy atom. The van der Waals surface area contributed by atoms with Gasteiger partial charge in [-0.3, -0.25) is 4.79 Å². The molecular formula is C13H13N3O3. The maximum atomic E-state index is 12.3. The summed E-state index contributed by atoms with van der Waals surface area (Å²) in [5.41, 5.74) is 0.755. The number of carbonyl (C=O) groups excluding carboxylic acids is 1. The SMILES string of the molecule is CC1(n2cnc3ccccc32)CCN(C(=O)O)C1=O. The summed E-state index contributed by atoms with van der Waals surface area (Å²) in [6, 6.07) is 7.49. The summed E-state index contributed by atoms with van der Waals surface area (Å²) in [5, 5.41) is 9.01. The Labute approximate surface area is 109 Å². The first-order chi connectivity index (χ1) is 9.04. The molecular weight excluding hydrogens is 246 g/mol. The minimum Gasteiger partial charge on any atom is -0.465 e. The van der Waals surface area contributed by atoms with E-state index in [1.807, 2.05) is 24.3 Å². The number of aromatic nitrogens is 2. The zero-order chi connectivity index (χ0) is 13.6. The summed E-state index contributed by atoms with van der Waals surface area (Å²) in [6.07, 6.45) is 0.866. The highest BCUT2D eigenvalue weighted by molar-refractivity contribution is 5.98. The van der Waals surface area contributed by atoms with E-state index in [9.17, 15) is 9.59 Å². The van der Waals surface area contributed by atoms with Crippen LogP contribution < -0.4 is 0 Å². The predicted molar refractivity (Wildman–Crippen MR) is 67.7 cm³/mol. The molecule has 1 saturated heterocycles. The van der Waals surface area contributed by atoms with Crippen molar-refractivity contribution in [2.75, 3.05) is 6.54 Å². The predicted octanol–water partition coefficient (Wildman–Crippen LogP) is 1.66. The number of carboxylic acid groups (broad SMARTS) is 1. The summed E-state index contributed by atoms with van der Waals surface area (Å²) in [5.74, 6) is -0.400. The average molecular weight is 259 g/mol. The van der Waals surface area contributed by atoms with Crippen molar-refractivity contribution in [1.29, 1.82) is 0 Å². The van der Waals surface area contributed by atoms with Gasteiger partial charge >= 0.3 is 6.09 Å². The lowest BCUT2D eigenvalue weighted by Crippen LogP contribution is -2.41. The number of hydrogen-bond acceptors (Lipinski definition) is 3. The molecule has 0 radical (unpaired) electrons. The van der Waals surface area contributed by atoms with Crippen LogP contribution in [0.4, 0.5) is 4.79 Å². The van der Waals surface area contributed by atoms with E-state index in [1.165, 1.54) is 0 Å². The first kappa shape index (κ1) is 11.7. The molecule has 1 aromatic carbocycles. The number of hydrogen-bond donors (Lipinski definition) is 1. The maximum absolute atomic E-state index is 12.3. The number of rotatable bonds is 1. The molecule has 0 saturated carbocycles. The van der Waals surface area contributed by atoms with E-state index in [0.29, 0.717) is 6.42 Å². The molecule has 2 aromatic rings. The van der Waals surface area contributed by atoms with Crippen molar-refractivity contribution in [3.63, 3.8) is 0 Å². The molecule has 1 aliphatic rings. The number of benzene rings is 1. The third kappa shape index (κ3) is 1.53. The fourth-order valence-electron chi connectivity index (χ4n) is 2.59. The Kier molecular flexibility index (Phi) is 2.35. The largest absolute Gasteiger partial charge is 0.465 e. The highest BCUT2D eigenvalue weighted by Gasteiger charge is 2.47. The second-order valence-corrected chi connectivity index (χ2v) is 4.87. The van der Waals surface area contributed by atoms with Crippen molar-refractivity contribution < 1.29 is 14.7 Å². The van der Waals surface area contributed by atoms with E-state index >= 15 is 0 Å². The number of amides is 2. The van der Waals surface area contributed by atoms with E-state index < -0.39 is 17.5 Å². The van der Waals surface area contributed by atoms with Gasteiger partial charge in [-0.05, 0) is 25.5 Å². The van der Waals surface area contributed by atoms with Gasteiger partial charge in [-0.25, -0.2) is 14.7 Å². The molecule has 98 valence electrons. The lowest BCUT2D eigenvalue weighted by molar-refractivity contribution is -0.132. The van der Waals surface area contributed by atoms with Gasteiger partial charge in [0.2, 0.25) is 0 Å². The first-order valence-electron chi connectivity index (χ1n) is 6.01. The Balaban J connectivity index is 2.11. The van der Waals surface area contributed by atoms with E-state index in [4.69, 9.17) is 5.11 Å². The molecule has 3 rings (SSSR count). The number of likely N-dealkylation sites (tertiary alicyclic amines) is 1. The first-order valence-corrected chi connectivity index (χ1v) is 6.01.